The molecule has 0 unspecified atom stereocenters. The lowest BCUT2D eigenvalue weighted by Gasteiger charge is -2.12. The predicted molar refractivity (Wildman–Crippen MR) is 129 cm³/mol. The number of anilines is 1. The van der Waals surface area contributed by atoms with E-state index < -0.39 is 5.97 Å². The van der Waals surface area contributed by atoms with Crippen LogP contribution in [-0.2, 0) is 13.0 Å². The van der Waals surface area contributed by atoms with Crippen LogP contribution >= 0.6 is 11.6 Å². The molecule has 2 N–H and O–H groups in total. The number of carbonyl (C=O) groups is 1. The third kappa shape index (κ3) is 4.54. The van der Waals surface area contributed by atoms with Gasteiger partial charge < -0.3 is 15.0 Å². The van der Waals surface area contributed by atoms with Crippen LogP contribution in [0, 0.1) is 19.7 Å². The third-order valence-corrected chi connectivity index (χ3v) is 6.07. The Kier molecular flexibility index (Phi) is 6.33. The molecule has 2 aromatic carbocycles. The number of nitrogens with one attached hydrogen (secondary N) is 1. The van der Waals surface area contributed by atoms with Crippen molar-refractivity contribution in [3.05, 3.63) is 75.9 Å². The molecule has 0 spiro atoms. The molecule has 0 atom stereocenters. The second-order valence-corrected chi connectivity index (χ2v) is 8.37. The molecule has 33 heavy (non-hydrogen) atoms. The molecule has 0 saturated carbocycles. The van der Waals surface area contributed by atoms with Gasteiger partial charge in [0.1, 0.15) is 18.0 Å². The highest BCUT2D eigenvalue weighted by Gasteiger charge is 2.16. The van der Waals surface area contributed by atoms with Crippen molar-refractivity contribution in [3.63, 3.8) is 0 Å². The maximum absolute atomic E-state index is 13.9. The van der Waals surface area contributed by atoms with Crippen molar-refractivity contribution >= 4 is 34.3 Å². The zero-order chi connectivity index (χ0) is 23.7. The van der Waals surface area contributed by atoms with Gasteiger partial charge in [-0.25, -0.2) is 19.2 Å². The number of aromatic nitrogens is 3. The number of carboxylic acids is 1. The Morgan fingerprint density at radius 2 is 1.94 bits per heavy atom. The summed E-state index contributed by atoms with van der Waals surface area (Å²) in [6.07, 6.45) is 1.99. The first-order valence-corrected chi connectivity index (χ1v) is 11.0. The molecular weight excluding hydrogens is 443 g/mol. The van der Waals surface area contributed by atoms with Gasteiger partial charge in [-0.05, 0) is 61.7 Å². The molecule has 0 aliphatic heterocycles. The van der Waals surface area contributed by atoms with Gasteiger partial charge in [0.2, 0.25) is 0 Å². The number of hydrogen-bond donors (Lipinski definition) is 2. The van der Waals surface area contributed by atoms with Gasteiger partial charge >= 0.3 is 5.97 Å². The molecular formula is C25H24ClFN4O2. The molecule has 170 valence electrons. The Balaban J connectivity index is 1.55. The summed E-state index contributed by atoms with van der Waals surface area (Å²) in [5.41, 5.74) is 4.98. The molecule has 0 bridgehead atoms. The fourth-order valence-corrected chi connectivity index (χ4v) is 4.48. The maximum Gasteiger partial charge on any atom is 0.337 e. The summed E-state index contributed by atoms with van der Waals surface area (Å²) < 4.78 is 16.0. The van der Waals surface area contributed by atoms with Gasteiger partial charge in [0.25, 0.3) is 0 Å². The van der Waals surface area contributed by atoms with Crippen LogP contribution in [0.5, 0.6) is 0 Å². The van der Waals surface area contributed by atoms with E-state index in [9.17, 15) is 14.3 Å². The van der Waals surface area contributed by atoms with E-state index >= 15 is 0 Å². The molecule has 0 fully saturated rings. The number of aromatic carboxylic acids is 1. The van der Waals surface area contributed by atoms with Crippen molar-refractivity contribution in [2.75, 3.05) is 11.9 Å². The summed E-state index contributed by atoms with van der Waals surface area (Å²) in [5, 5.41) is 14.0. The number of carboxylic acid groups (broad SMARTS) is 1. The molecule has 2 heterocycles. The predicted octanol–water partition coefficient (Wildman–Crippen LogP) is 5.88. The normalized spacial score (nSPS) is 11.2. The van der Waals surface area contributed by atoms with E-state index in [1.807, 2.05) is 20.8 Å². The fourth-order valence-electron chi connectivity index (χ4n) is 4.16. The van der Waals surface area contributed by atoms with Crippen molar-refractivity contribution in [3.8, 4) is 11.3 Å². The van der Waals surface area contributed by atoms with Crippen molar-refractivity contribution in [1.29, 1.82) is 0 Å². The van der Waals surface area contributed by atoms with Gasteiger partial charge in [-0.2, -0.15) is 0 Å². The monoisotopic (exact) mass is 466 g/mol. The molecule has 2 aromatic heterocycles. The van der Waals surface area contributed by atoms with Crippen molar-refractivity contribution in [2.45, 2.75) is 33.7 Å². The van der Waals surface area contributed by atoms with E-state index in [0.29, 0.717) is 36.6 Å². The number of rotatable bonds is 7. The van der Waals surface area contributed by atoms with Gasteiger partial charge in [-0.3, -0.25) is 0 Å². The largest absolute Gasteiger partial charge is 0.478 e. The molecule has 0 aliphatic rings. The first kappa shape index (κ1) is 22.7. The lowest BCUT2D eigenvalue weighted by molar-refractivity contribution is 0.0696. The standard InChI is InChI=1S/C25H24ClFN4O2/c1-4-16-9-17(10-20(26)24(16)25(32)33)21-12-23(30-13-29-21)28-5-6-31-15(3)8-19-14(2)7-18(27)11-22(19)31/h7-13H,4-6H2,1-3H3,(H,32,33)(H,28,29,30). The average molecular weight is 467 g/mol. The quantitative estimate of drug-likeness (QED) is 0.355. The fraction of sp³-hybridized carbons (Fsp3) is 0.240. The Morgan fingerprint density at radius 1 is 1.15 bits per heavy atom. The maximum atomic E-state index is 13.9. The van der Waals surface area contributed by atoms with E-state index in [1.165, 1.54) is 6.33 Å². The summed E-state index contributed by atoms with van der Waals surface area (Å²) in [4.78, 5) is 20.1. The Bertz CT molecular complexity index is 1370. The molecule has 0 radical (unpaired) electrons. The number of halogens is 2. The number of fused-ring (bicyclic) bond motifs is 1. The zero-order valence-corrected chi connectivity index (χ0v) is 19.4. The molecule has 0 amide bonds. The number of aryl methyl sites for hydroxylation is 3. The van der Waals surface area contributed by atoms with Crippen molar-refractivity contribution < 1.29 is 14.3 Å². The van der Waals surface area contributed by atoms with Crippen LogP contribution in [0.1, 0.15) is 34.1 Å². The van der Waals surface area contributed by atoms with E-state index in [-0.39, 0.29) is 16.4 Å². The van der Waals surface area contributed by atoms with Gasteiger partial charge in [-0.15, -0.1) is 0 Å². The molecule has 4 aromatic rings. The minimum atomic E-state index is -1.05. The second kappa shape index (κ2) is 9.19. The molecule has 0 aliphatic carbocycles. The van der Waals surface area contributed by atoms with Gasteiger partial charge in [0.05, 0.1) is 21.8 Å². The smallest absolute Gasteiger partial charge is 0.337 e. The molecule has 8 heteroatoms. The second-order valence-electron chi connectivity index (χ2n) is 7.96. The molecule has 4 rings (SSSR count). The van der Waals surface area contributed by atoms with Crippen LogP contribution in [-0.4, -0.2) is 32.2 Å². The van der Waals surface area contributed by atoms with Gasteiger partial charge in [0, 0.05) is 35.8 Å². The Labute approximate surface area is 196 Å². The summed E-state index contributed by atoms with van der Waals surface area (Å²) in [5.74, 6) is -0.656. The SMILES string of the molecule is CCc1cc(-c2cc(NCCn3c(C)cc4c(C)cc(F)cc43)ncn2)cc(Cl)c1C(=O)O. The summed E-state index contributed by atoms with van der Waals surface area (Å²) in [6, 6.07) is 10.4. The number of nitrogens with zero attached hydrogens (tertiary/aromatic N) is 3. The molecule has 6 nitrogen and oxygen atoms in total. The highest BCUT2D eigenvalue weighted by atomic mass is 35.5. The zero-order valence-electron chi connectivity index (χ0n) is 18.6. The van der Waals surface area contributed by atoms with Crippen molar-refractivity contribution in [1.82, 2.24) is 14.5 Å². The lowest BCUT2D eigenvalue weighted by Crippen LogP contribution is -2.12. The summed E-state index contributed by atoms with van der Waals surface area (Å²) in [6.45, 7) is 7.02. The highest BCUT2D eigenvalue weighted by Crippen LogP contribution is 2.29. The van der Waals surface area contributed by atoms with Crippen LogP contribution in [0.25, 0.3) is 22.2 Å². The highest BCUT2D eigenvalue weighted by molar-refractivity contribution is 6.34. The lowest BCUT2D eigenvalue weighted by atomic mass is 10.00. The minimum absolute atomic E-state index is 0.122. The van der Waals surface area contributed by atoms with Crippen LogP contribution < -0.4 is 5.32 Å². The van der Waals surface area contributed by atoms with Gasteiger partial charge in [0.15, 0.2) is 0 Å². The third-order valence-electron chi connectivity index (χ3n) is 5.77. The first-order valence-electron chi connectivity index (χ1n) is 10.7. The summed E-state index contributed by atoms with van der Waals surface area (Å²) in [7, 11) is 0. The minimum Gasteiger partial charge on any atom is -0.478 e. The van der Waals surface area contributed by atoms with Gasteiger partial charge in [-0.1, -0.05) is 18.5 Å². The Hall–Kier alpha value is -3.45. The Morgan fingerprint density at radius 3 is 2.67 bits per heavy atom. The van der Waals surface area contributed by atoms with Crippen LogP contribution in [0.2, 0.25) is 5.02 Å². The number of benzene rings is 2. The number of hydrogen-bond acceptors (Lipinski definition) is 4. The van der Waals surface area contributed by atoms with Crippen LogP contribution in [0.15, 0.2) is 42.7 Å². The topological polar surface area (TPSA) is 80.0 Å². The van der Waals surface area contributed by atoms with E-state index in [0.717, 1.165) is 27.7 Å². The first-order chi connectivity index (χ1) is 15.8. The van der Waals surface area contributed by atoms with E-state index in [1.54, 1.807) is 30.3 Å². The van der Waals surface area contributed by atoms with Crippen LogP contribution in [0.3, 0.4) is 0 Å². The molecule has 0 saturated heterocycles. The summed E-state index contributed by atoms with van der Waals surface area (Å²) >= 11 is 6.25. The van der Waals surface area contributed by atoms with Crippen molar-refractivity contribution in [2.24, 2.45) is 0 Å². The van der Waals surface area contributed by atoms with E-state index in [2.05, 4.69) is 25.9 Å². The van der Waals surface area contributed by atoms with Crippen LogP contribution in [0.4, 0.5) is 10.2 Å². The van der Waals surface area contributed by atoms with E-state index in [4.69, 9.17) is 11.6 Å². The average Bonchev–Trinajstić information content (AvgIpc) is 3.08.